The highest BCUT2D eigenvalue weighted by Gasteiger charge is 2.04. The number of aliphatic hydroxyl groups excluding tert-OH is 1. The largest absolute Gasteiger partial charge is 0.389 e. The molecule has 0 aliphatic carbocycles. The fraction of sp³-hybridized carbons (Fsp3) is 1.00. The summed E-state index contributed by atoms with van der Waals surface area (Å²) >= 11 is 0. The van der Waals surface area contributed by atoms with Gasteiger partial charge in [0.1, 0.15) is 0 Å². The van der Waals surface area contributed by atoms with Gasteiger partial charge in [-0.2, -0.15) is 0 Å². The first-order chi connectivity index (χ1) is 6.66. The SMILES string of the molecule is CCOCCNCC(O)COC(C)C. The molecule has 4 nitrogen and oxygen atoms in total. The van der Waals surface area contributed by atoms with Crippen molar-refractivity contribution >= 4 is 0 Å². The van der Waals surface area contributed by atoms with Crippen molar-refractivity contribution < 1.29 is 14.6 Å². The lowest BCUT2D eigenvalue weighted by Gasteiger charge is -2.14. The van der Waals surface area contributed by atoms with Gasteiger partial charge in [-0.05, 0) is 20.8 Å². The van der Waals surface area contributed by atoms with Gasteiger partial charge in [0, 0.05) is 19.7 Å². The van der Waals surface area contributed by atoms with Crippen LogP contribution in [0.3, 0.4) is 0 Å². The van der Waals surface area contributed by atoms with Crippen LogP contribution in [-0.4, -0.2) is 50.2 Å². The number of hydrogen-bond donors (Lipinski definition) is 2. The average molecular weight is 205 g/mol. The molecule has 0 heterocycles. The maximum Gasteiger partial charge on any atom is 0.0897 e. The fourth-order valence-electron chi connectivity index (χ4n) is 0.920. The van der Waals surface area contributed by atoms with Crippen LogP contribution in [0.25, 0.3) is 0 Å². The van der Waals surface area contributed by atoms with Crippen molar-refractivity contribution in [1.29, 1.82) is 0 Å². The normalized spacial score (nSPS) is 13.5. The quantitative estimate of drug-likeness (QED) is 0.535. The third-order valence-corrected chi connectivity index (χ3v) is 1.63. The predicted molar refractivity (Wildman–Crippen MR) is 56.5 cm³/mol. The zero-order valence-electron chi connectivity index (χ0n) is 9.45. The van der Waals surface area contributed by atoms with Crippen molar-refractivity contribution in [1.82, 2.24) is 5.32 Å². The summed E-state index contributed by atoms with van der Waals surface area (Å²) in [4.78, 5) is 0. The van der Waals surface area contributed by atoms with Crippen molar-refractivity contribution in [2.24, 2.45) is 0 Å². The van der Waals surface area contributed by atoms with Crippen molar-refractivity contribution in [2.75, 3.05) is 32.9 Å². The van der Waals surface area contributed by atoms with Gasteiger partial charge in [-0.25, -0.2) is 0 Å². The second-order valence-electron chi connectivity index (χ2n) is 3.44. The summed E-state index contributed by atoms with van der Waals surface area (Å²) < 4.78 is 10.4. The highest BCUT2D eigenvalue weighted by Crippen LogP contribution is 1.90. The minimum Gasteiger partial charge on any atom is -0.389 e. The van der Waals surface area contributed by atoms with Crippen LogP contribution in [0, 0.1) is 0 Å². The van der Waals surface area contributed by atoms with E-state index in [4.69, 9.17) is 9.47 Å². The van der Waals surface area contributed by atoms with Gasteiger partial charge >= 0.3 is 0 Å². The van der Waals surface area contributed by atoms with Crippen LogP contribution >= 0.6 is 0 Å². The Morgan fingerprint density at radius 3 is 2.64 bits per heavy atom. The lowest BCUT2D eigenvalue weighted by Crippen LogP contribution is -2.33. The van der Waals surface area contributed by atoms with Crippen molar-refractivity contribution in [3.8, 4) is 0 Å². The van der Waals surface area contributed by atoms with E-state index in [-0.39, 0.29) is 6.10 Å². The molecular weight excluding hydrogens is 182 g/mol. The Balaban J connectivity index is 3.14. The van der Waals surface area contributed by atoms with E-state index in [0.29, 0.717) is 19.8 Å². The van der Waals surface area contributed by atoms with E-state index in [0.717, 1.165) is 13.2 Å². The zero-order chi connectivity index (χ0) is 10.8. The minimum absolute atomic E-state index is 0.174. The number of aliphatic hydroxyl groups is 1. The van der Waals surface area contributed by atoms with Crippen LogP contribution in [-0.2, 0) is 9.47 Å². The molecule has 1 unspecified atom stereocenters. The Morgan fingerprint density at radius 2 is 2.07 bits per heavy atom. The van der Waals surface area contributed by atoms with Gasteiger partial charge in [0.05, 0.1) is 25.4 Å². The van der Waals surface area contributed by atoms with Gasteiger partial charge in [0.2, 0.25) is 0 Å². The van der Waals surface area contributed by atoms with Gasteiger partial charge in [-0.3, -0.25) is 0 Å². The molecule has 0 aromatic rings. The van der Waals surface area contributed by atoms with E-state index in [1.807, 2.05) is 20.8 Å². The third kappa shape index (κ3) is 9.92. The standard InChI is InChI=1S/C10H23NO3/c1-4-13-6-5-11-7-10(12)8-14-9(2)3/h9-12H,4-8H2,1-3H3. The Kier molecular flexibility index (Phi) is 9.29. The maximum absolute atomic E-state index is 9.43. The number of nitrogens with one attached hydrogen (secondary N) is 1. The van der Waals surface area contributed by atoms with Crippen LogP contribution < -0.4 is 5.32 Å². The van der Waals surface area contributed by atoms with E-state index < -0.39 is 6.10 Å². The molecule has 14 heavy (non-hydrogen) atoms. The number of ether oxygens (including phenoxy) is 2. The summed E-state index contributed by atoms with van der Waals surface area (Å²) in [5.74, 6) is 0. The van der Waals surface area contributed by atoms with Crippen LogP contribution in [0.4, 0.5) is 0 Å². The third-order valence-electron chi connectivity index (χ3n) is 1.63. The molecule has 1 atom stereocenters. The second-order valence-corrected chi connectivity index (χ2v) is 3.44. The first kappa shape index (κ1) is 13.8. The molecule has 4 heteroatoms. The van der Waals surface area contributed by atoms with E-state index in [1.165, 1.54) is 0 Å². The summed E-state index contributed by atoms with van der Waals surface area (Å²) in [5, 5.41) is 12.5. The summed E-state index contributed by atoms with van der Waals surface area (Å²) in [5.41, 5.74) is 0. The van der Waals surface area contributed by atoms with Gasteiger partial charge in [-0.1, -0.05) is 0 Å². The fourth-order valence-corrected chi connectivity index (χ4v) is 0.920. The van der Waals surface area contributed by atoms with E-state index in [1.54, 1.807) is 0 Å². The van der Waals surface area contributed by atoms with Gasteiger partial charge in [0.25, 0.3) is 0 Å². The lowest BCUT2D eigenvalue weighted by molar-refractivity contribution is 0.00580. The van der Waals surface area contributed by atoms with Gasteiger partial charge < -0.3 is 19.9 Å². The summed E-state index contributed by atoms with van der Waals surface area (Å²) in [7, 11) is 0. The molecule has 0 aliphatic heterocycles. The van der Waals surface area contributed by atoms with Crippen molar-refractivity contribution in [3.63, 3.8) is 0 Å². The van der Waals surface area contributed by atoms with Crippen LogP contribution in [0.1, 0.15) is 20.8 Å². The van der Waals surface area contributed by atoms with Gasteiger partial charge in [0.15, 0.2) is 0 Å². The summed E-state index contributed by atoms with van der Waals surface area (Å²) in [6.45, 7) is 9.01. The first-order valence-electron chi connectivity index (χ1n) is 5.25. The summed E-state index contributed by atoms with van der Waals surface area (Å²) in [6.07, 6.45) is -0.257. The van der Waals surface area contributed by atoms with Crippen LogP contribution in [0.5, 0.6) is 0 Å². The molecule has 2 N–H and O–H groups in total. The highest BCUT2D eigenvalue weighted by molar-refractivity contribution is 4.58. The van der Waals surface area contributed by atoms with Gasteiger partial charge in [-0.15, -0.1) is 0 Å². The monoisotopic (exact) mass is 205 g/mol. The minimum atomic E-state index is -0.431. The Bertz CT molecular complexity index is 120. The molecule has 0 spiro atoms. The molecule has 0 rings (SSSR count). The smallest absolute Gasteiger partial charge is 0.0897 e. The second kappa shape index (κ2) is 9.40. The number of hydrogen-bond acceptors (Lipinski definition) is 4. The van der Waals surface area contributed by atoms with E-state index in [9.17, 15) is 5.11 Å². The zero-order valence-corrected chi connectivity index (χ0v) is 9.45. The molecule has 0 aromatic carbocycles. The van der Waals surface area contributed by atoms with Crippen molar-refractivity contribution in [2.45, 2.75) is 33.0 Å². The molecular formula is C10H23NO3. The number of rotatable bonds is 9. The maximum atomic E-state index is 9.43. The summed E-state index contributed by atoms with van der Waals surface area (Å²) in [6, 6.07) is 0. The molecule has 0 aromatic heterocycles. The molecule has 0 amide bonds. The molecule has 0 saturated heterocycles. The molecule has 86 valence electrons. The average Bonchev–Trinajstić information content (AvgIpc) is 2.14. The van der Waals surface area contributed by atoms with Crippen molar-refractivity contribution in [3.05, 3.63) is 0 Å². The topological polar surface area (TPSA) is 50.7 Å². The molecule has 0 fully saturated rings. The lowest BCUT2D eigenvalue weighted by atomic mass is 10.3. The highest BCUT2D eigenvalue weighted by atomic mass is 16.5. The molecule has 0 saturated carbocycles. The molecule has 0 aliphatic rings. The Labute approximate surface area is 86.6 Å². The predicted octanol–water partition coefficient (Wildman–Crippen LogP) is 0.398. The van der Waals surface area contributed by atoms with E-state index in [2.05, 4.69) is 5.32 Å². The Morgan fingerprint density at radius 1 is 1.36 bits per heavy atom. The van der Waals surface area contributed by atoms with Crippen LogP contribution in [0.2, 0.25) is 0 Å². The molecule has 0 bridgehead atoms. The first-order valence-corrected chi connectivity index (χ1v) is 5.25. The molecule has 0 radical (unpaired) electrons. The van der Waals surface area contributed by atoms with Crippen LogP contribution in [0.15, 0.2) is 0 Å². The Hall–Kier alpha value is -0.160. The van der Waals surface area contributed by atoms with E-state index >= 15 is 0 Å².